The van der Waals surface area contributed by atoms with E-state index >= 15 is 0 Å². The van der Waals surface area contributed by atoms with Crippen molar-refractivity contribution in [3.05, 3.63) is 106 Å². The van der Waals surface area contributed by atoms with Gasteiger partial charge in [0.15, 0.2) is 5.82 Å². The minimum atomic E-state index is -0.497. The number of hydrogen-bond acceptors (Lipinski definition) is 3. The summed E-state index contributed by atoms with van der Waals surface area (Å²) in [5.74, 6) is -0.157. The average molecular weight is 526 g/mol. The Balaban J connectivity index is 1.53. The van der Waals surface area contributed by atoms with Crippen molar-refractivity contribution in [2.45, 2.75) is 6.54 Å². The van der Waals surface area contributed by atoms with Crippen LogP contribution in [0.4, 0.5) is 8.78 Å². The van der Waals surface area contributed by atoms with Crippen molar-refractivity contribution in [2.75, 3.05) is 14.1 Å². The van der Waals surface area contributed by atoms with Crippen LogP contribution in [-0.2, 0) is 13.6 Å². The molecular weight excluding hydrogens is 500 g/mol. The molecule has 0 unspecified atom stereocenters. The van der Waals surface area contributed by atoms with Crippen molar-refractivity contribution < 1.29 is 8.78 Å². The number of halogens is 2. The number of fused-ring (bicyclic) bond motifs is 2. The first kappa shape index (κ1) is 24.4. The Labute approximate surface area is 221 Å². The third-order valence-corrected chi connectivity index (χ3v) is 6.93. The van der Waals surface area contributed by atoms with Crippen LogP contribution < -0.4 is 5.69 Å². The fraction of sp³-hybridized carbons (Fsp3) is 0.138. The largest absolute Gasteiger partial charge is 0.363 e. The molecule has 0 saturated carbocycles. The number of H-pyrrole nitrogens is 1. The minimum absolute atomic E-state index is 0.293. The van der Waals surface area contributed by atoms with E-state index in [9.17, 15) is 13.6 Å². The molecule has 0 saturated heterocycles. The summed E-state index contributed by atoms with van der Waals surface area (Å²) >= 11 is 0. The molecule has 39 heavy (non-hydrogen) atoms. The van der Waals surface area contributed by atoms with Gasteiger partial charge in [-0.1, -0.05) is 18.2 Å². The summed E-state index contributed by atoms with van der Waals surface area (Å²) in [6.07, 6.45) is 3.58. The average Bonchev–Trinajstić information content (AvgIpc) is 3.56. The Bertz CT molecular complexity index is 1960. The lowest BCUT2D eigenvalue weighted by molar-refractivity contribution is 0.619. The number of hydrogen-bond donors (Lipinski definition) is 2. The van der Waals surface area contributed by atoms with E-state index in [2.05, 4.69) is 10.2 Å². The SMILES string of the molecule is CN(C)C(=N)c1cccc(Cn2cc(-n3c(-c4cn(C)c5ccc(F)cc45)n[nH]c3=O)c3cc(F)ccc32)c1. The molecular formula is C29H25F2N7O. The Kier molecular flexibility index (Phi) is 5.67. The quantitative estimate of drug-likeness (QED) is 0.248. The number of aryl methyl sites for hydroxylation is 1. The van der Waals surface area contributed by atoms with Crippen LogP contribution in [0.2, 0.25) is 0 Å². The fourth-order valence-corrected chi connectivity index (χ4v) is 5.08. The summed E-state index contributed by atoms with van der Waals surface area (Å²) < 4.78 is 33.9. The molecule has 2 N–H and O–H groups in total. The van der Waals surface area contributed by atoms with Gasteiger partial charge in [-0.25, -0.2) is 23.2 Å². The summed E-state index contributed by atoms with van der Waals surface area (Å²) in [7, 11) is 5.48. The first-order chi connectivity index (χ1) is 18.7. The van der Waals surface area contributed by atoms with E-state index in [1.807, 2.05) is 54.5 Å². The maximum absolute atomic E-state index is 14.5. The van der Waals surface area contributed by atoms with Crippen LogP contribution in [-0.4, -0.2) is 48.7 Å². The second kappa shape index (κ2) is 9.09. The van der Waals surface area contributed by atoms with Crippen LogP contribution in [0.15, 0.2) is 77.9 Å². The Morgan fingerprint density at radius 2 is 1.69 bits per heavy atom. The molecule has 0 aliphatic rings. The molecule has 0 amide bonds. The highest BCUT2D eigenvalue weighted by molar-refractivity contribution is 5.97. The van der Waals surface area contributed by atoms with Crippen molar-refractivity contribution in [3.63, 3.8) is 0 Å². The molecule has 6 aromatic rings. The second-order valence-corrected chi connectivity index (χ2v) is 9.75. The zero-order valence-electron chi connectivity index (χ0n) is 21.5. The molecule has 10 heteroatoms. The molecule has 0 spiro atoms. The number of aromatic amines is 1. The van der Waals surface area contributed by atoms with E-state index < -0.39 is 17.3 Å². The summed E-state index contributed by atoms with van der Waals surface area (Å²) in [6.45, 7) is 0.429. The highest BCUT2D eigenvalue weighted by Gasteiger charge is 2.21. The zero-order chi connectivity index (χ0) is 27.4. The van der Waals surface area contributed by atoms with Crippen LogP contribution in [0.3, 0.4) is 0 Å². The van der Waals surface area contributed by atoms with Gasteiger partial charge in [-0.2, -0.15) is 5.10 Å². The van der Waals surface area contributed by atoms with E-state index in [-0.39, 0.29) is 0 Å². The first-order valence-electron chi connectivity index (χ1n) is 12.3. The predicted octanol–water partition coefficient (Wildman–Crippen LogP) is 4.89. The molecule has 0 aliphatic carbocycles. The summed E-state index contributed by atoms with van der Waals surface area (Å²) in [6, 6.07) is 16.6. The van der Waals surface area contributed by atoms with Crippen LogP contribution in [0.1, 0.15) is 11.1 Å². The van der Waals surface area contributed by atoms with E-state index in [0.29, 0.717) is 40.2 Å². The van der Waals surface area contributed by atoms with E-state index in [4.69, 9.17) is 5.41 Å². The second-order valence-electron chi connectivity index (χ2n) is 9.75. The molecule has 196 valence electrons. The summed E-state index contributed by atoms with van der Waals surface area (Å²) in [4.78, 5) is 14.9. The lowest BCUT2D eigenvalue weighted by Crippen LogP contribution is -2.21. The van der Waals surface area contributed by atoms with Gasteiger partial charge in [0.2, 0.25) is 0 Å². The van der Waals surface area contributed by atoms with E-state index in [1.54, 1.807) is 29.4 Å². The number of aromatic nitrogens is 5. The van der Waals surface area contributed by atoms with Crippen molar-refractivity contribution in [3.8, 4) is 17.1 Å². The van der Waals surface area contributed by atoms with Crippen LogP contribution in [0, 0.1) is 17.0 Å². The fourth-order valence-electron chi connectivity index (χ4n) is 5.08. The van der Waals surface area contributed by atoms with Gasteiger partial charge in [-0.3, -0.25) is 5.41 Å². The van der Waals surface area contributed by atoms with Gasteiger partial charge in [0.05, 0.1) is 11.2 Å². The van der Waals surface area contributed by atoms with Crippen molar-refractivity contribution in [1.29, 1.82) is 5.41 Å². The standard InChI is InChI=1S/C29H25F2N7O/c1-35(2)27(32)18-6-4-5-17(11-18)14-37-16-26(22-13-20(31)8-10-25(22)37)38-28(33-34-29(38)39)23-15-36(3)24-9-7-19(30)12-21(23)24/h4-13,15-16,32H,14H2,1-3H3,(H,34,39). The number of amidine groups is 1. The molecule has 3 heterocycles. The van der Waals surface area contributed by atoms with E-state index in [0.717, 1.165) is 22.2 Å². The molecule has 0 radical (unpaired) electrons. The molecule has 0 fully saturated rings. The third-order valence-electron chi connectivity index (χ3n) is 6.93. The van der Waals surface area contributed by atoms with Gasteiger partial charge < -0.3 is 14.0 Å². The molecule has 3 aromatic heterocycles. The minimum Gasteiger partial charge on any atom is -0.363 e. The van der Waals surface area contributed by atoms with Gasteiger partial charge >= 0.3 is 5.69 Å². The summed E-state index contributed by atoms with van der Waals surface area (Å²) in [5, 5.41) is 16.3. The Morgan fingerprint density at radius 3 is 2.44 bits per heavy atom. The number of benzene rings is 3. The van der Waals surface area contributed by atoms with Crippen molar-refractivity contribution in [2.24, 2.45) is 7.05 Å². The predicted molar refractivity (Wildman–Crippen MR) is 148 cm³/mol. The number of nitrogens with one attached hydrogen (secondary N) is 2. The third kappa shape index (κ3) is 4.10. The van der Waals surface area contributed by atoms with Crippen molar-refractivity contribution >= 4 is 27.6 Å². The monoisotopic (exact) mass is 525 g/mol. The van der Waals surface area contributed by atoms with Crippen LogP contribution in [0.5, 0.6) is 0 Å². The van der Waals surface area contributed by atoms with E-state index in [1.165, 1.54) is 28.8 Å². The van der Waals surface area contributed by atoms with Gasteiger partial charge in [-0.15, -0.1) is 0 Å². The maximum atomic E-state index is 14.5. The van der Waals surface area contributed by atoms with Crippen LogP contribution in [0.25, 0.3) is 38.9 Å². The maximum Gasteiger partial charge on any atom is 0.348 e. The lowest BCUT2D eigenvalue weighted by atomic mass is 10.1. The van der Waals surface area contributed by atoms with Gasteiger partial charge in [0, 0.05) is 67.5 Å². The zero-order valence-corrected chi connectivity index (χ0v) is 21.5. The first-order valence-corrected chi connectivity index (χ1v) is 12.3. The normalized spacial score (nSPS) is 11.5. The number of rotatable bonds is 5. The molecule has 0 bridgehead atoms. The molecule has 6 rings (SSSR count). The molecule has 8 nitrogen and oxygen atoms in total. The molecule has 0 atom stereocenters. The molecule has 3 aromatic carbocycles. The van der Waals surface area contributed by atoms with Gasteiger partial charge in [-0.05, 0) is 48.0 Å². The summed E-state index contributed by atoms with van der Waals surface area (Å²) in [5.41, 5.74) is 3.74. The Hall–Kier alpha value is -4.99. The lowest BCUT2D eigenvalue weighted by Gasteiger charge is -2.14. The molecule has 0 aliphatic heterocycles. The van der Waals surface area contributed by atoms with Crippen LogP contribution >= 0.6 is 0 Å². The Morgan fingerprint density at radius 1 is 0.974 bits per heavy atom. The highest BCUT2D eigenvalue weighted by Crippen LogP contribution is 2.33. The van der Waals surface area contributed by atoms with Gasteiger partial charge in [0.1, 0.15) is 17.5 Å². The smallest absolute Gasteiger partial charge is 0.348 e. The highest BCUT2D eigenvalue weighted by atomic mass is 19.1. The number of nitrogens with zero attached hydrogens (tertiary/aromatic N) is 5. The van der Waals surface area contributed by atoms with Gasteiger partial charge in [0.25, 0.3) is 0 Å². The topological polar surface area (TPSA) is 87.6 Å². The van der Waals surface area contributed by atoms with Crippen molar-refractivity contribution in [1.82, 2.24) is 28.8 Å².